The van der Waals surface area contributed by atoms with Crippen molar-refractivity contribution in [3.8, 4) is 22.8 Å². The lowest BCUT2D eigenvalue weighted by molar-refractivity contribution is 0.249. The Balaban J connectivity index is 1.52. The van der Waals surface area contributed by atoms with Gasteiger partial charge in [-0.15, -0.1) is 10.2 Å². The third kappa shape index (κ3) is 2.51. The maximum atomic E-state index is 14.7. The molecule has 1 aromatic carbocycles. The smallest absolute Gasteiger partial charge is 0.171 e. The molecule has 30 heavy (non-hydrogen) atoms. The molecule has 0 saturated heterocycles. The van der Waals surface area contributed by atoms with Gasteiger partial charge in [-0.25, -0.2) is 14.4 Å². The molecular weight excluding hydrogens is 387 g/mol. The van der Waals surface area contributed by atoms with E-state index in [-0.39, 0.29) is 11.7 Å². The average molecular weight is 404 g/mol. The Morgan fingerprint density at radius 2 is 2.03 bits per heavy atom. The Hall–Kier alpha value is -3.75. The third-order valence-corrected chi connectivity index (χ3v) is 5.57. The summed E-state index contributed by atoms with van der Waals surface area (Å²) in [5.41, 5.74) is 3.62. The van der Waals surface area contributed by atoms with Gasteiger partial charge in [0.2, 0.25) is 0 Å². The second-order valence-electron chi connectivity index (χ2n) is 7.39. The van der Waals surface area contributed by atoms with E-state index in [4.69, 9.17) is 9.47 Å². The van der Waals surface area contributed by atoms with Crippen molar-refractivity contribution in [2.24, 2.45) is 0 Å². The molecule has 1 atom stereocenters. The molecule has 4 aromatic rings. The first-order chi connectivity index (χ1) is 14.7. The molecule has 1 N–H and O–H groups in total. The van der Waals surface area contributed by atoms with E-state index in [2.05, 4.69) is 25.5 Å². The number of hydrogen-bond acceptors (Lipinski definition) is 7. The van der Waals surface area contributed by atoms with Gasteiger partial charge in [0.05, 0.1) is 24.8 Å². The molecule has 8 nitrogen and oxygen atoms in total. The number of halogens is 1. The number of rotatable bonds is 1. The van der Waals surface area contributed by atoms with Gasteiger partial charge in [0, 0.05) is 29.4 Å². The third-order valence-electron chi connectivity index (χ3n) is 5.57. The van der Waals surface area contributed by atoms with E-state index in [0.29, 0.717) is 48.4 Å². The summed E-state index contributed by atoms with van der Waals surface area (Å²) >= 11 is 0. The summed E-state index contributed by atoms with van der Waals surface area (Å²) < 4.78 is 28.5. The minimum atomic E-state index is -0.256. The normalized spacial score (nSPS) is 17.1. The number of benzene rings is 1. The van der Waals surface area contributed by atoms with Gasteiger partial charge >= 0.3 is 0 Å². The highest BCUT2D eigenvalue weighted by Crippen LogP contribution is 2.41. The monoisotopic (exact) mass is 404 g/mol. The van der Waals surface area contributed by atoms with Crippen molar-refractivity contribution >= 4 is 11.5 Å². The first-order valence-electron chi connectivity index (χ1n) is 9.66. The highest BCUT2D eigenvalue weighted by Gasteiger charge is 2.31. The molecule has 0 spiro atoms. The van der Waals surface area contributed by atoms with Crippen molar-refractivity contribution < 1.29 is 13.9 Å². The van der Waals surface area contributed by atoms with E-state index in [1.807, 2.05) is 23.5 Å². The van der Waals surface area contributed by atoms with Crippen LogP contribution in [0.1, 0.15) is 22.9 Å². The van der Waals surface area contributed by atoms with Gasteiger partial charge < -0.3 is 14.8 Å². The number of hydrogen-bond donors (Lipinski definition) is 1. The number of nitrogens with one attached hydrogen (secondary N) is 1. The Labute approximate surface area is 170 Å². The Bertz CT molecular complexity index is 1300. The maximum Gasteiger partial charge on any atom is 0.171 e. The number of ether oxygens (including phenoxy) is 2. The quantitative estimate of drug-likeness (QED) is 0.522. The van der Waals surface area contributed by atoms with Crippen LogP contribution < -0.4 is 14.8 Å². The van der Waals surface area contributed by atoms with Crippen LogP contribution in [-0.4, -0.2) is 37.8 Å². The van der Waals surface area contributed by atoms with Crippen LogP contribution in [0.4, 0.5) is 10.2 Å². The molecule has 6 rings (SSSR count). The fourth-order valence-electron chi connectivity index (χ4n) is 4.18. The van der Waals surface area contributed by atoms with E-state index in [1.165, 1.54) is 6.07 Å². The van der Waals surface area contributed by atoms with Gasteiger partial charge in [0.25, 0.3) is 0 Å². The van der Waals surface area contributed by atoms with Crippen LogP contribution in [0.5, 0.6) is 11.5 Å². The van der Waals surface area contributed by atoms with E-state index < -0.39 is 0 Å². The molecule has 2 aliphatic heterocycles. The number of anilines is 1. The molecular formula is C21H17FN6O2. The van der Waals surface area contributed by atoms with E-state index in [1.54, 1.807) is 18.6 Å². The van der Waals surface area contributed by atoms with Gasteiger partial charge in [0.15, 0.2) is 17.2 Å². The molecule has 3 aromatic heterocycles. The number of aromatic nitrogens is 5. The highest BCUT2D eigenvalue weighted by molar-refractivity contribution is 5.80. The van der Waals surface area contributed by atoms with Gasteiger partial charge in [-0.3, -0.25) is 4.40 Å². The van der Waals surface area contributed by atoms with Crippen molar-refractivity contribution in [2.75, 3.05) is 18.5 Å². The summed E-state index contributed by atoms with van der Waals surface area (Å²) in [4.78, 5) is 8.70. The molecule has 0 radical (unpaired) electrons. The first kappa shape index (κ1) is 17.1. The molecule has 0 bridgehead atoms. The largest absolute Gasteiger partial charge is 0.493 e. The molecule has 0 saturated carbocycles. The van der Waals surface area contributed by atoms with Gasteiger partial charge in [-0.2, -0.15) is 0 Å². The zero-order valence-electron chi connectivity index (χ0n) is 16.1. The van der Waals surface area contributed by atoms with Crippen LogP contribution in [0, 0.1) is 12.7 Å². The van der Waals surface area contributed by atoms with Crippen LogP contribution in [0.25, 0.3) is 16.9 Å². The Morgan fingerprint density at radius 1 is 1.17 bits per heavy atom. The number of nitrogens with zero attached hydrogens (tertiary/aromatic N) is 5. The Morgan fingerprint density at radius 3 is 2.90 bits per heavy atom. The lowest BCUT2D eigenvalue weighted by Gasteiger charge is -2.16. The van der Waals surface area contributed by atoms with Gasteiger partial charge in [-0.1, -0.05) is 0 Å². The summed E-state index contributed by atoms with van der Waals surface area (Å²) in [6, 6.07) is 6.87. The SMILES string of the molecule is Cc1nccc(-c2cc3c(n4cnnc24)NCc2c(F)ccc4c2[C@H](CO4)CO3)n1. The number of aryl methyl sites for hydroxylation is 1. The lowest BCUT2D eigenvalue weighted by atomic mass is 9.96. The average Bonchev–Trinajstić information content (AvgIpc) is 3.39. The van der Waals surface area contributed by atoms with E-state index >= 15 is 0 Å². The fraction of sp³-hybridized carbons (Fsp3) is 0.238. The van der Waals surface area contributed by atoms with Crippen molar-refractivity contribution in [3.63, 3.8) is 0 Å². The molecule has 150 valence electrons. The number of fused-ring (bicyclic) bond motifs is 3. The molecule has 0 fully saturated rings. The summed E-state index contributed by atoms with van der Waals surface area (Å²) in [6.45, 7) is 2.97. The molecule has 0 aliphatic carbocycles. The molecule has 2 aliphatic rings. The van der Waals surface area contributed by atoms with Crippen LogP contribution in [-0.2, 0) is 6.54 Å². The van der Waals surface area contributed by atoms with Crippen molar-refractivity contribution in [1.82, 2.24) is 24.6 Å². The van der Waals surface area contributed by atoms with Gasteiger partial charge in [0.1, 0.15) is 23.7 Å². The maximum absolute atomic E-state index is 14.7. The predicted octanol–water partition coefficient (Wildman–Crippen LogP) is 3.11. The minimum absolute atomic E-state index is 0.0418. The number of pyridine rings is 1. The van der Waals surface area contributed by atoms with Crippen LogP contribution >= 0.6 is 0 Å². The van der Waals surface area contributed by atoms with Crippen molar-refractivity contribution in [2.45, 2.75) is 19.4 Å². The topological polar surface area (TPSA) is 86.5 Å². The molecule has 0 unspecified atom stereocenters. The second kappa shape index (κ2) is 6.38. The zero-order chi connectivity index (χ0) is 20.2. The van der Waals surface area contributed by atoms with E-state index in [9.17, 15) is 4.39 Å². The van der Waals surface area contributed by atoms with Crippen molar-refractivity contribution in [1.29, 1.82) is 0 Å². The second-order valence-corrected chi connectivity index (χ2v) is 7.39. The molecule has 9 heteroatoms. The van der Waals surface area contributed by atoms with Crippen LogP contribution in [0.15, 0.2) is 36.8 Å². The van der Waals surface area contributed by atoms with E-state index in [0.717, 1.165) is 22.6 Å². The highest BCUT2D eigenvalue weighted by atomic mass is 19.1. The van der Waals surface area contributed by atoms with Gasteiger partial charge in [-0.05, 0) is 31.2 Å². The standard InChI is InChI=1S/C21H17FN6O2/c1-11-23-5-4-16(26-11)13-6-18-21(28-10-25-27-20(13)28)24-7-14-15(22)2-3-17-19(14)12(8-29-17)9-30-18/h2-6,10,12,24H,7-9H2,1H3/t12-/m1/s1. The first-order valence-corrected chi connectivity index (χ1v) is 9.66. The lowest BCUT2D eigenvalue weighted by Crippen LogP contribution is -2.13. The fourth-order valence-corrected chi connectivity index (χ4v) is 4.18. The van der Waals surface area contributed by atoms with Crippen LogP contribution in [0.3, 0.4) is 0 Å². The zero-order valence-corrected chi connectivity index (χ0v) is 16.1. The predicted molar refractivity (Wildman–Crippen MR) is 106 cm³/mol. The summed E-state index contributed by atoms with van der Waals surface area (Å²) in [5.74, 6) is 2.37. The molecule has 5 heterocycles. The minimum Gasteiger partial charge on any atom is -0.493 e. The van der Waals surface area contributed by atoms with Crippen LogP contribution in [0.2, 0.25) is 0 Å². The van der Waals surface area contributed by atoms with Crippen molar-refractivity contribution in [3.05, 3.63) is 59.6 Å². The summed E-state index contributed by atoms with van der Waals surface area (Å²) in [7, 11) is 0. The summed E-state index contributed by atoms with van der Waals surface area (Å²) in [5, 5.41) is 11.7. The summed E-state index contributed by atoms with van der Waals surface area (Å²) in [6.07, 6.45) is 3.32. The molecule has 0 amide bonds. The Kier molecular flexibility index (Phi) is 3.64.